The zero-order chi connectivity index (χ0) is 23.8. The smallest absolute Gasteiger partial charge is 0.247 e. The fourth-order valence-corrected chi connectivity index (χ4v) is 5.56. The van der Waals surface area contributed by atoms with Crippen LogP contribution < -0.4 is 15.5 Å². The van der Waals surface area contributed by atoms with Crippen molar-refractivity contribution in [3.05, 3.63) is 47.4 Å². The summed E-state index contributed by atoms with van der Waals surface area (Å²) >= 11 is 0. The number of amides is 1. The van der Waals surface area contributed by atoms with Crippen molar-refractivity contribution in [1.82, 2.24) is 24.9 Å². The van der Waals surface area contributed by atoms with Crippen LogP contribution in [0.15, 0.2) is 24.5 Å². The summed E-state index contributed by atoms with van der Waals surface area (Å²) in [6, 6.07) is 2.34. The molecule has 182 valence electrons. The molecule has 3 aromatic rings. The zero-order valence-electron chi connectivity index (χ0n) is 19.6. The van der Waals surface area contributed by atoms with Crippen molar-refractivity contribution < 1.29 is 9.18 Å². The van der Waals surface area contributed by atoms with Crippen molar-refractivity contribution in [3.8, 4) is 0 Å². The Morgan fingerprint density at radius 1 is 1.03 bits per heavy atom. The number of hydrogen-bond donors (Lipinski definition) is 3. The van der Waals surface area contributed by atoms with E-state index in [0.717, 1.165) is 42.8 Å². The van der Waals surface area contributed by atoms with Gasteiger partial charge in [0.2, 0.25) is 23.8 Å². The molecule has 0 radical (unpaired) electrons. The molecule has 9 nitrogen and oxygen atoms in total. The normalized spacial score (nSPS) is 19.8. The molecule has 1 atom stereocenters. The predicted octanol–water partition coefficient (Wildman–Crippen LogP) is 4.23. The number of nitrogens with zero attached hydrogens (tertiary/aromatic N) is 5. The lowest BCUT2D eigenvalue weighted by Gasteiger charge is -2.25. The Bertz CT molecular complexity index is 1220. The van der Waals surface area contributed by atoms with Gasteiger partial charge in [-0.05, 0) is 57.1 Å². The molecule has 0 bridgehead atoms. The first-order chi connectivity index (χ1) is 17.1. The lowest BCUT2D eigenvalue weighted by molar-refractivity contribution is -0.117. The molecule has 6 rings (SSSR count). The van der Waals surface area contributed by atoms with Gasteiger partial charge in [-0.2, -0.15) is 9.37 Å². The Labute approximate surface area is 203 Å². The third-order valence-electron chi connectivity index (χ3n) is 7.36. The van der Waals surface area contributed by atoms with Crippen molar-refractivity contribution in [2.75, 3.05) is 22.1 Å². The van der Waals surface area contributed by atoms with Gasteiger partial charge in [0.25, 0.3) is 0 Å². The standard InChI is InChI=1S/C25H29FN8O/c26-21-11-10-16(13-27-21)29-23(35)20-9-4-12-34(20)25-31-18-8-3-7-17(18)22(33-25)32-24-28-14-19(30-24)15-5-1-2-6-15/h10-11,13-15,20H,1-9,12H2,(H,29,35)(H2,28,30,31,32,33). The van der Waals surface area contributed by atoms with Crippen LogP contribution in [-0.4, -0.2) is 43.4 Å². The maximum Gasteiger partial charge on any atom is 0.247 e. The summed E-state index contributed by atoms with van der Waals surface area (Å²) in [4.78, 5) is 36.4. The summed E-state index contributed by atoms with van der Waals surface area (Å²) in [7, 11) is 0. The van der Waals surface area contributed by atoms with E-state index in [1.165, 1.54) is 49.7 Å². The van der Waals surface area contributed by atoms with E-state index in [2.05, 4.69) is 25.6 Å². The van der Waals surface area contributed by atoms with Crippen LogP contribution in [-0.2, 0) is 17.6 Å². The van der Waals surface area contributed by atoms with Gasteiger partial charge < -0.3 is 20.5 Å². The van der Waals surface area contributed by atoms with Crippen LogP contribution >= 0.6 is 0 Å². The quantitative estimate of drug-likeness (QED) is 0.457. The number of carbonyl (C=O) groups excluding carboxylic acids is 1. The van der Waals surface area contributed by atoms with E-state index in [-0.39, 0.29) is 5.91 Å². The maximum absolute atomic E-state index is 13.1. The van der Waals surface area contributed by atoms with Gasteiger partial charge in [-0.25, -0.2) is 15.0 Å². The third-order valence-corrected chi connectivity index (χ3v) is 7.36. The summed E-state index contributed by atoms with van der Waals surface area (Å²) in [6.07, 6.45) is 12.7. The third kappa shape index (κ3) is 4.44. The molecule has 1 aliphatic heterocycles. The van der Waals surface area contributed by atoms with Gasteiger partial charge in [-0.15, -0.1) is 0 Å². The number of nitrogens with one attached hydrogen (secondary N) is 3. The minimum atomic E-state index is -0.580. The van der Waals surface area contributed by atoms with Crippen molar-refractivity contribution in [2.24, 2.45) is 0 Å². The average molecular weight is 477 g/mol. The Kier molecular flexibility index (Phi) is 5.79. The number of aromatic nitrogens is 5. The molecule has 2 aliphatic carbocycles. The summed E-state index contributed by atoms with van der Waals surface area (Å²) in [6.45, 7) is 0.699. The van der Waals surface area contributed by atoms with E-state index in [9.17, 15) is 9.18 Å². The Morgan fingerprint density at radius 2 is 1.91 bits per heavy atom. The minimum Gasteiger partial charge on any atom is -0.329 e. The van der Waals surface area contributed by atoms with Gasteiger partial charge in [0.05, 0.1) is 23.8 Å². The van der Waals surface area contributed by atoms with E-state index < -0.39 is 12.0 Å². The van der Waals surface area contributed by atoms with E-state index in [1.807, 2.05) is 11.1 Å². The number of H-pyrrole nitrogens is 1. The Hall–Kier alpha value is -3.56. The van der Waals surface area contributed by atoms with Crippen LogP contribution in [0.4, 0.5) is 27.8 Å². The molecule has 0 aromatic carbocycles. The fraction of sp³-hybridized carbons (Fsp3) is 0.480. The first kappa shape index (κ1) is 21.9. The number of aryl methyl sites for hydroxylation is 1. The molecule has 1 saturated heterocycles. The summed E-state index contributed by atoms with van der Waals surface area (Å²) in [5.74, 6) is 1.84. The zero-order valence-corrected chi connectivity index (χ0v) is 19.6. The number of anilines is 4. The Morgan fingerprint density at radius 3 is 2.74 bits per heavy atom. The number of carbonyl (C=O) groups is 1. The number of rotatable bonds is 6. The second-order valence-electron chi connectivity index (χ2n) is 9.65. The molecule has 3 N–H and O–H groups in total. The van der Waals surface area contributed by atoms with Gasteiger partial charge in [0, 0.05) is 23.7 Å². The second-order valence-corrected chi connectivity index (χ2v) is 9.65. The van der Waals surface area contributed by atoms with Crippen LogP contribution in [0.1, 0.15) is 67.8 Å². The van der Waals surface area contributed by atoms with Gasteiger partial charge in [0.15, 0.2) is 0 Å². The molecule has 1 unspecified atom stereocenters. The van der Waals surface area contributed by atoms with Gasteiger partial charge >= 0.3 is 0 Å². The Balaban J connectivity index is 1.24. The molecule has 2 fully saturated rings. The van der Waals surface area contributed by atoms with Crippen molar-refractivity contribution in [1.29, 1.82) is 0 Å². The van der Waals surface area contributed by atoms with Crippen LogP contribution in [0.3, 0.4) is 0 Å². The number of imidazole rings is 1. The van der Waals surface area contributed by atoms with E-state index in [0.29, 0.717) is 36.5 Å². The molecule has 1 amide bonds. The lowest BCUT2D eigenvalue weighted by atomic mass is 10.1. The SMILES string of the molecule is O=C(Nc1ccc(F)nc1)C1CCCN1c1nc2c(c(Nc3ncc(C4CCCC4)[nH]3)n1)CCC2. The summed E-state index contributed by atoms with van der Waals surface area (Å²) in [5.41, 5.74) is 3.82. The monoisotopic (exact) mass is 476 g/mol. The lowest BCUT2D eigenvalue weighted by Crippen LogP contribution is -2.40. The first-order valence-electron chi connectivity index (χ1n) is 12.5. The first-order valence-corrected chi connectivity index (χ1v) is 12.5. The molecule has 0 spiro atoms. The summed E-state index contributed by atoms with van der Waals surface area (Å²) < 4.78 is 13.1. The van der Waals surface area contributed by atoms with E-state index >= 15 is 0 Å². The highest BCUT2D eigenvalue weighted by Gasteiger charge is 2.34. The molecule has 10 heteroatoms. The van der Waals surface area contributed by atoms with Gasteiger partial charge in [-0.3, -0.25) is 4.79 Å². The highest BCUT2D eigenvalue weighted by molar-refractivity contribution is 5.96. The number of hydrogen-bond acceptors (Lipinski definition) is 7. The van der Waals surface area contributed by atoms with E-state index in [4.69, 9.17) is 9.97 Å². The van der Waals surface area contributed by atoms with Crippen LogP contribution in [0.5, 0.6) is 0 Å². The number of halogens is 1. The number of fused-ring (bicyclic) bond motifs is 1. The molecule has 3 aliphatic rings. The second kappa shape index (κ2) is 9.24. The van der Waals surface area contributed by atoms with Gasteiger partial charge in [-0.1, -0.05) is 12.8 Å². The van der Waals surface area contributed by atoms with Crippen molar-refractivity contribution in [2.45, 2.75) is 69.7 Å². The highest BCUT2D eigenvalue weighted by Crippen LogP contribution is 2.35. The van der Waals surface area contributed by atoms with Crippen molar-refractivity contribution in [3.63, 3.8) is 0 Å². The average Bonchev–Trinajstić information content (AvgIpc) is 3.67. The molecule has 35 heavy (non-hydrogen) atoms. The highest BCUT2D eigenvalue weighted by atomic mass is 19.1. The predicted molar refractivity (Wildman–Crippen MR) is 130 cm³/mol. The maximum atomic E-state index is 13.1. The fourth-order valence-electron chi connectivity index (χ4n) is 5.56. The number of aromatic amines is 1. The topological polar surface area (TPSA) is 112 Å². The minimum absolute atomic E-state index is 0.165. The molecular weight excluding hydrogens is 447 g/mol. The van der Waals surface area contributed by atoms with Crippen LogP contribution in [0.2, 0.25) is 0 Å². The van der Waals surface area contributed by atoms with Crippen molar-refractivity contribution >= 4 is 29.3 Å². The molecule has 4 heterocycles. The van der Waals surface area contributed by atoms with Gasteiger partial charge in [0.1, 0.15) is 11.9 Å². The van der Waals surface area contributed by atoms with Crippen LogP contribution in [0.25, 0.3) is 0 Å². The van der Waals surface area contributed by atoms with Crippen LogP contribution in [0, 0.1) is 5.95 Å². The largest absolute Gasteiger partial charge is 0.329 e. The molecular formula is C25H29FN8O. The number of pyridine rings is 1. The molecule has 3 aromatic heterocycles. The summed E-state index contributed by atoms with van der Waals surface area (Å²) in [5, 5.41) is 6.26. The molecule has 1 saturated carbocycles. The van der Waals surface area contributed by atoms with E-state index in [1.54, 1.807) is 0 Å².